The van der Waals surface area contributed by atoms with Gasteiger partial charge in [0, 0.05) is 11.8 Å². The van der Waals surface area contributed by atoms with Crippen LogP contribution in [0.4, 0.5) is 13.2 Å². The van der Waals surface area contributed by atoms with Gasteiger partial charge >= 0.3 is 6.18 Å². The largest absolute Gasteiger partial charge is 0.417 e. The first kappa shape index (κ1) is 14.5. The van der Waals surface area contributed by atoms with Gasteiger partial charge in [-0.25, -0.2) is 4.98 Å². The van der Waals surface area contributed by atoms with E-state index in [0.29, 0.717) is 12.3 Å². The lowest BCUT2D eigenvalue weighted by molar-refractivity contribution is -0.138. The number of rotatable bonds is 3. The molecule has 1 aromatic heterocycles. The Morgan fingerprint density at radius 3 is 2.41 bits per heavy atom. The van der Waals surface area contributed by atoms with Crippen LogP contribution in [0.2, 0.25) is 5.15 Å². The first-order valence-electron chi connectivity index (χ1n) is 4.42. The summed E-state index contributed by atoms with van der Waals surface area (Å²) >= 11 is 10.8. The number of aliphatic hydroxyl groups is 2. The zero-order chi connectivity index (χ0) is 13.2. The van der Waals surface area contributed by atoms with Crippen molar-refractivity contribution in [3.8, 4) is 0 Å². The molecule has 2 N–H and O–H groups in total. The molecular formula is C9H8Cl2F3NO2. The number of aliphatic hydroxyl groups excluding tert-OH is 2. The van der Waals surface area contributed by atoms with Crippen molar-refractivity contribution < 1.29 is 23.4 Å². The molecule has 0 aromatic carbocycles. The smallest absolute Gasteiger partial charge is 0.389 e. The van der Waals surface area contributed by atoms with Crippen molar-refractivity contribution in [2.45, 2.75) is 18.4 Å². The average Bonchev–Trinajstić information content (AvgIpc) is 2.26. The van der Waals surface area contributed by atoms with Crippen molar-refractivity contribution in [1.82, 2.24) is 4.98 Å². The molecule has 0 fully saturated rings. The Kier molecular flexibility index (Phi) is 4.60. The van der Waals surface area contributed by atoms with Gasteiger partial charge < -0.3 is 10.2 Å². The average molecular weight is 290 g/mol. The van der Waals surface area contributed by atoms with Crippen LogP contribution >= 0.6 is 23.2 Å². The molecule has 0 aliphatic rings. The Labute approximate surface area is 105 Å². The molecule has 0 saturated heterocycles. The Morgan fingerprint density at radius 1 is 1.35 bits per heavy atom. The fourth-order valence-corrected chi connectivity index (χ4v) is 1.50. The van der Waals surface area contributed by atoms with Gasteiger partial charge in [-0.15, -0.1) is 11.6 Å². The number of pyridine rings is 1. The van der Waals surface area contributed by atoms with Crippen LogP contribution in [-0.2, 0) is 6.18 Å². The lowest BCUT2D eigenvalue weighted by atomic mass is 10.1. The second-order valence-electron chi connectivity index (χ2n) is 3.27. The lowest BCUT2D eigenvalue weighted by Gasteiger charge is -2.17. The normalized spacial score (nSPS) is 15.7. The van der Waals surface area contributed by atoms with E-state index in [-0.39, 0.29) is 16.6 Å². The summed E-state index contributed by atoms with van der Waals surface area (Å²) in [4.78, 5) is 3.31. The zero-order valence-electron chi connectivity index (χ0n) is 8.25. The molecular weight excluding hydrogens is 282 g/mol. The molecule has 8 heteroatoms. The molecule has 0 aliphatic carbocycles. The van der Waals surface area contributed by atoms with Crippen molar-refractivity contribution in [2.24, 2.45) is 0 Å². The fraction of sp³-hybridized carbons (Fsp3) is 0.444. The molecule has 0 saturated carbocycles. The molecule has 2 unspecified atom stereocenters. The third kappa shape index (κ3) is 3.45. The van der Waals surface area contributed by atoms with E-state index in [1.54, 1.807) is 0 Å². The number of hydrogen-bond donors (Lipinski definition) is 2. The van der Waals surface area contributed by atoms with Gasteiger partial charge in [0.05, 0.1) is 17.5 Å². The number of aromatic nitrogens is 1. The van der Waals surface area contributed by atoms with Crippen molar-refractivity contribution in [2.75, 3.05) is 5.88 Å². The summed E-state index contributed by atoms with van der Waals surface area (Å²) in [6, 6.07) is 0.635. The van der Waals surface area contributed by atoms with E-state index < -0.39 is 23.9 Å². The fourth-order valence-electron chi connectivity index (χ4n) is 1.12. The summed E-state index contributed by atoms with van der Waals surface area (Å²) in [6.07, 6.45) is -7.09. The molecule has 1 heterocycles. The molecule has 1 aromatic rings. The highest BCUT2D eigenvalue weighted by atomic mass is 35.5. The van der Waals surface area contributed by atoms with Crippen molar-refractivity contribution >= 4 is 23.2 Å². The Balaban J connectivity index is 3.15. The number of halogens is 5. The molecule has 0 aliphatic heterocycles. The highest BCUT2D eigenvalue weighted by Gasteiger charge is 2.33. The van der Waals surface area contributed by atoms with Crippen molar-refractivity contribution in [3.63, 3.8) is 0 Å². The molecule has 1 rings (SSSR count). The third-order valence-corrected chi connectivity index (χ3v) is 2.67. The number of hydrogen-bond acceptors (Lipinski definition) is 3. The van der Waals surface area contributed by atoms with E-state index in [0.717, 1.165) is 0 Å². The zero-order valence-corrected chi connectivity index (χ0v) is 9.76. The Bertz CT molecular complexity index is 400. The summed E-state index contributed by atoms with van der Waals surface area (Å²) in [5.41, 5.74) is -1.37. The molecule has 0 amide bonds. The first-order chi connectivity index (χ1) is 7.77. The maximum absolute atomic E-state index is 12.4. The van der Waals surface area contributed by atoms with E-state index in [2.05, 4.69) is 4.98 Å². The highest BCUT2D eigenvalue weighted by Crippen LogP contribution is 2.33. The van der Waals surface area contributed by atoms with E-state index in [1.807, 2.05) is 0 Å². The lowest BCUT2D eigenvalue weighted by Crippen LogP contribution is -2.21. The minimum Gasteiger partial charge on any atom is -0.389 e. The summed E-state index contributed by atoms with van der Waals surface area (Å²) < 4.78 is 37.2. The van der Waals surface area contributed by atoms with E-state index in [1.165, 1.54) is 0 Å². The third-order valence-electron chi connectivity index (χ3n) is 2.03. The topological polar surface area (TPSA) is 53.4 Å². The molecule has 96 valence electrons. The van der Waals surface area contributed by atoms with Crippen LogP contribution in [0.25, 0.3) is 0 Å². The monoisotopic (exact) mass is 289 g/mol. The van der Waals surface area contributed by atoms with Crippen LogP contribution in [-0.4, -0.2) is 27.2 Å². The van der Waals surface area contributed by atoms with E-state index in [4.69, 9.17) is 23.2 Å². The van der Waals surface area contributed by atoms with E-state index >= 15 is 0 Å². The second kappa shape index (κ2) is 5.39. The number of nitrogens with zero attached hydrogens (tertiary/aromatic N) is 1. The molecule has 17 heavy (non-hydrogen) atoms. The van der Waals surface area contributed by atoms with Crippen LogP contribution in [0.3, 0.4) is 0 Å². The van der Waals surface area contributed by atoms with Gasteiger partial charge in [-0.05, 0) is 6.07 Å². The van der Waals surface area contributed by atoms with Crippen LogP contribution in [0, 0.1) is 0 Å². The second-order valence-corrected chi connectivity index (χ2v) is 3.93. The summed E-state index contributed by atoms with van der Waals surface area (Å²) in [5.74, 6) is -0.340. The summed E-state index contributed by atoms with van der Waals surface area (Å²) in [5, 5.41) is 18.5. The maximum atomic E-state index is 12.4. The minimum atomic E-state index is -4.60. The van der Waals surface area contributed by atoms with Crippen molar-refractivity contribution in [3.05, 3.63) is 28.5 Å². The van der Waals surface area contributed by atoms with Gasteiger partial charge in [0.2, 0.25) is 0 Å². The van der Waals surface area contributed by atoms with Crippen molar-refractivity contribution in [1.29, 1.82) is 0 Å². The first-order valence-corrected chi connectivity index (χ1v) is 5.33. The quantitative estimate of drug-likeness (QED) is 0.664. The Hall–Kier alpha value is -0.560. The highest BCUT2D eigenvalue weighted by molar-refractivity contribution is 6.30. The van der Waals surface area contributed by atoms with Gasteiger partial charge in [-0.1, -0.05) is 11.6 Å². The molecule has 0 radical (unpaired) electrons. The van der Waals surface area contributed by atoms with Crippen LogP contribution in [0.15, 0.2) is 12.3 Å². The standard InChI is InChI=1S/C9H8Cl2F3NO2/c10-2-6(16)7(17)5-1-4(9(12,13)14)3-15-8(5)11/h1,3,6-7,16-17H,2H2. The van der Waals surface area contributed by atoms with Crippen LogP contribution in [0.5, 0.6) is 0 Å². The predicted molar refractivity (Wildman–Crippen MR) is 55.9 cm³/mol. The van der Waals surface area contributed by atoms with Gasteiger partial charge in [0.15, 0.2) is 0 Å². The Morgan fingerprint density at radius 2 is 1.94 bits per heavy atom. The molecule has 3 nitrogen and oxygen atoms in total. The summed E-state index contributed by atoms with van der Waals surface area (Å²) in [6.45, 7) is 0. The SMILES string of the molecule is OC(CCl)C(O)c1cc(C(F)(F)F)cnc1Cl. The van der Waals surface area contributed by atoms with Crippen LogP contribution < -0.4 is 0 Å². The van der Waals surface area contributed by atoms with Crippen LogP contribution in [0.1, 0.15) is 17.2 Å². The molecule has 0 bridgehead atoms. The minimum absolute atomic E-state index is 0.310. The van der Waals surface area contributed by atoms with Gasteiger partial charge in [-0.2, -0.15) is 13.2 Å². The molecule has 0 spiro atoms. The number of alkyl halides is 4. The predicted octanol–water partition coefficient (Wildman–Crippen LogP) is 2.39. The van der Waals surface area contributed by atoms with Gasteiger partial charge in [0.25, 0.3) is 0 Å². The van der Waals surface area contributed by atoms with E-state index in [9.17, 15) is 23.4 Å². The van der Waals surface area contributed by atoms with Gasteiger partial charge in [-0.3, -0.25) is 0 Å². The summed E-state index contributed by atoms with van der Waals surface area (Å²) in [7, 11) is 0. The maximum Gasteiger partial charge on any atom is 0.417 e. The van der Waals surface area contributed by atoms with Gasteiger partial charge in [0.1, 0.15) is 11.3 Å². The molecule has 2 atom stereocenters.